The maximum atomic E-state index is 10.0. The third kappa shape index (κ3) is 0.784. The Morgan fingerprint density at radius 2 is 1.93 bits per heavy atom. The van der Waals surface area contributed by atoms with Crippen LogP contribution in [-0.2, 0) is 0 Å². The fourth-order valence-electron chi connectivity index (χ4n) is 5.41. The van der Waals surface area contributed by atoms with Gasteiger partial charge in [-0.2, -0.15) is 0 Å². The molecule has 0 heterocycles. The predicted molar refractivity (Wildman–Crippen MR) is 55.9 cm³/mol. The summed E-state index contributed by atoms with van der Waals surface area (Å²) in [7, 11) is 0. The average molecular weight is 206 g/mol. The summed E-state index contributed by atoms with van der Waals surface area (Å²) in [6, 6.07) is 0. The van der Waals surface area contributed by atoms with Crippen LogP contribution in [0.4, 0.5) is 0 Å². The van der Waals surface area contributed by atoms with Crippen LogP contribution in [-0.4, -0.2) is 22.4 Å². The van der Waals surface area contributed by atoms with Crippen molar-refractivity contribution in [1.29, 1.82) is 0 Å². The summed E-state index contributed by atoms with van der Waals surface area (Å²) in [4.78, 5) is 0. The van der Waals surface area contributed by atoms with E-state index in [0.717, 1.165) is 6.42 Å². The molecule has 0 aliphatic heterocycles. The van der Waals surface area contributed by atoms with E-state index in [1.54, 1.807) is 0 Å². The van der Waals surface area contributed by atoms with E-state index in [2.05, 4.69) is 19.1 Å². The topological polar surface area (TPSA) is 40.5 Å². The van der Waals surface area contributed by atoms with E-state index >= 15 is 0 Å². The van der Waals surface area contributed by atoms with Crippen molar-refractivity contribution in [2.24, 2.45) is 35.0 Å². The van der Waals surface area contributed by atoms with Crippen LogP contribution in [0.3, 0.4) is 0 Å². The Bertz CT molecular complexity index is 350. The standard InChI is InChI=1S/C13H18O2/c1-13-3-2-6(5-13)9-7-4-8(10(9)13)12(15)11(7)14/h2-3,6-12,14-15H,4-5H2,1H3. The first-order chi connectivity index (χ1) is 7.12. The molecule has 4 rings (SSSR count). The first kappa shape index (κ1) is 8.77. The summed E-state index contributed by atoms with van der Waals surface area (Å²) in [6.07, 6.45) is 6.17. The van der Waals surface area contributed by atoms with Gasteiger partial charge < -0.3 is 10.2 Å². The highest BCUT2D eigenvalue weighted by molar-refractivity contribution is 5.27. The highest BCUT2D eigenvalue weighted by Gasteiger charge is 2.67. The second-order valence-electron chi connectivity index (χ2n) is 6.38. The fraction of sp³-hybridized carbons (Fsp3) is 0.846. The molecule has 8 atom stereocenters. The molecule has 2 heteroatoms. The van der Waals surface area contributed by atoms with Crippen molar-refractivity contribution in [2.45, 2.75) is 32.0 Å². The van der Waals surface area contributed by atoms with Crippen LogP contribution in [0.5, 0.6) is 0 Å². The van der Waals surface area contributed by atoms with Gasteiger partial charge in [-0.15, -0.1) is 0 Å². The molecule has 0 aromatic rings. The molecule has 0 radical (unpaired) electrons. The zero-order valence-electron chi connectivity index (χ0n) is 9.00. The van der Waals surface area contributed by atoms with Gasteiger partial charge in [0.25, 0.3) is 0 Å². The van der Waals surface area contributed by atoms with Gasteiger partial charge in [0, 0.05) is 0 Å². The molecule has 0 aromatic heterocycles. The maximum absolute atomic E-state index is 10.0. The third-order valence-electron chi connectivity index (χ3n) is 5.80. The molecule has 4 aliphatic carbocycles. The molecular weight excluding hydrogens is 188 g/mol. The van der Waals surface area contributed by atoms with Crippen LogP contribution in [0.15, 0.2) is 12.2 Å². The van der Waals surface area contributed by atoms with Gasteiger partial charge in [-0.1, -0.05) is 19.1 Å². The van der Waals surface area contributed by atoms with Gasteiger partial charge in [0.15, 0.2) is 0 Å². The van der Waals surface area contributed by atoms with Gasteiger partial charge in [-0.25, -0.2) is 0 Å². The summed E-state index contributed by atoms with van der Waals surface area (Å²) in [5.41, 5.74) is 0.329. The Labute approximate surface area is 90.0 Å². The molecule has 8 unspecified atom stereocenters. The lowest BCUT2D eigenvalue weighted by Crippen LogP contribution is -2.45. The minimum absolute atomic E-state index is 0.329. The number of hydrogen-bond acceptors (Lipinski definition) is 2. The fourth-order valence-corrected chi connectivity index (χ4v) is 5.41. The molecule has 3 fully saturated rings. The highest BCUT2D eigenvalue weighted by Crippen LogP contribution is 2.69. The molecule has 15 heavy (non-hydrogen) atoms. The van der Waals surface area contributed by atoms with E-state index in [1.807, 2.05) is 0 Å². The molecular formula is C13H18O2. The van der Waals surface area contributed by atoms with Crippen molar-refractivity contribution in [3.8, 4) is 0 Å². The molecule has 4 aliphatic rings. The molecule has 0 aromatic carbocycles. The van der Waals surface area contributed by atoms with Crippen molar-refractivity contribution in [2.75, 3.05) is 0 Å². The first-order valence-corrected chi connectivity index (χ1v) is 6.17. The number of fused-ring (bicyclic) bond motifs is 9. The number of aliphatic hydroxyl groups excluding tert-OH is 2. The van der Waals surface area contributed by atoms with E-state index in [1.165, 1.54) is 6.42 Å². The van der Waals surface area contributed by atoms with Crippen LogP contribution < -0.4 is 0 Å². The van der Waals surface area contributed by atoms with E-state index in [9.17, 15) is 10.2 Å². The normalized spacial score (nSPS) is 69.1. The van der Waals surface area contributed by atoms with Crippen LogP contribution in [0.2, 0.25) is 0 Å². The lowest BCUT2D eigenvalue weighted by molar-refractivity contribution is -0.0664. The smallest absolute Gasteiger partial charge is 0.0833 e. The van der Waals surface area contributed by atoms with Crippen LogP contribution in [0, 0.1) is 35.0 Å². The van der Waals surface area contributed by atoms with Gasteiger partial charge in [0.1, 0.15) is 0 Å². The van der Waals surface area contributed by atoms with Crippen molar-refractivity contribution in [1.82, 2.24) is 0 Å². The van der Waals surface area contributed by atoms with Gasteiger partial charge in [0.2, 0.25) is 0 Å². The average Bonchev–Trinajstić information content (AvgIpc) is 2.86. The molecule has 2 nitrogen and oxygen atoms in total. The summed E-state index contributed by atoms with van der Waals surface area (Å²) in [5.74, 6) is 2.76. The summed E-state index contributed by atoms with van der Waals surface area (Å²) >= 11 is 0. The van der Waals surface area contributed by atoms with Gasteiger partial charge in [-0.05, 0) is 47.8 Å². The monoisotopic (exact) mass is 206 g/mol. The Hall–Kier alpha value is -0.340. The van der Waals surface area contributed by atoms with Crippen LogP contribution >= 0.6 is 0 Å². The van der Waals surface area contributed by atoms with E-state index in [0.29, 0.717) is 35.0 Å². The number of aliphatic hydroxyl groups is 2. The Kier molecular flexibility index (Phi) is 1.36. The first-order valence-electron chi connectivity index (χ1n) is 6.17. The molecule has 0 amide bonds. The zero-order valence-corrected chi connectivity index (χ0v) is 9.00. The lowest BCUT2D eigenvalue weighted by atomic mass is 9.66. The van der Waals surface area contributed by atoms with Crippen molar-refractivity contribution < 1.29 is 10.2 Å². The molecule has 2 N–H and O–H groups in total. The Balaban J connectivity index is 1.81. The van der Waals surface area contributed by atoms with E-state index < -0.39 is 12.2 Å². The van der Waals surface area contributed by atoms with Gasteiger partial charge in [0.05, 0.1) is 12.2 Å². The lowest BCUT2D eigenvalue weighted by Gasteiger charge is -2.41. The number of allylic oxidation sites excluding steroid dienone is 2. The van der Waals surface area contributed by atoms with Gasteiger partial charge >= 0.3 is 0 Å². The molecule has 3 saturated carbocycles. The second-order valence-corrected chi connectivity index (χ2v) is 6.38. The SMILES string of the molecule is CC12C=CC(C1)C1C3CC(C(O)C3O)C12. The molecule has 82 valence electrons. The second kappa shape index (κ2) is 2.33. The van der Waals surface area contributed by atoms with Crippen molar-refractivity contribution in [3.63, 3.8) is 0 Å². The predicted octanol–water partition coefficient (Wildman–Crippen LogP) is 1.19. The Morgan fingerprint density at radius 1 is 1.20 bits per heavy atom. The van der Waals surface area contributed by atoms with E-state index in [-0.39, 0.29) is 0 Å². The Morgan fingerprint density at radius 3 is 2.73 bits per heavy atom. The van der Waals surface area contributed by atoms with Crippen molar-refractivity contribution >= 4 is 0 Å². The van der Waals surface area contributed by atoms with Crippen LogP contribution in [0.1, 0.15) is 19.8 Å². The third-order valence-corrected chi connectivity index (χ3v) is 5.80. The minimum Gasteiger partial charge on any atom is -0.390 e. The van der Waals surface area contributed by atoms with Crippen LogP contribution in [0.25, 0.3) is 0 Å². The molecule has 4 bridgehead atoms. The zero-order chi connectivity index (χ0) is 10.4. The summed E-state index contributed by atoms with van der Waals surface area (Å²) in [5, 5.41) is 20.0. The maximum Gasteiger partial charge on any atom is 0.0833 e. The molecule has 0 saturated heterocycles. The molecule has 0 spiro atoms. The van der Waals surface area contributed by atoms with Gasteiger partial charge in [-0.3, -0.25) is 0 Å². The summed E-state index contributed by atoms with van der Waals surface area (Å²) in [6.45, 7) is 2.34. The summed E-state index contributed by atoms with van der Waals surface area (Å²) < 4.78 is 0. The number of hydrogen-bond donors (Lipinski definition) is 2. The quantitative estimate of drug-likeness (QED) is 0.461. The largest absolute Gasteiger partial charge is 0.390 e. The minimum atomic E-state index is -0.444. The number of rotatable bonds is 0. The van der Waals surface area contributed by atoms with E-state index in [4.69, 9.17) is 0 Å². The highest BCUT2D eigenvalue weighted by atomic mass is 16.3. The van der Waals surface area contributed by atoms with Crippen molar-refractivity contribution in [3.05, 3.63) is 12.2 Å².